The second-order valence-corrected chi connectivity index (χ2v) is 4.49. The maximum Gasteiger partial charge on any atom is 0.337 e. The topological polar surface area (TPSA) is 104 Å². The number of benzene rings is 1. The summed E-state index contributed by atoms with van der Waals surface area (Å²) in [5, 5.41) is 14.0. The van der Waals surface area contributed by atoms with Crippen LogP contribution in [0.5, 0.6) is 0 Å². The van der Waals surface area contributed by atoms with Gasteiger partial charge in [-0.25, -0.2) is 14.6 Å². The number of urea groups is 1. The number of amides is 2. The molecule has 0 aliphatic rings. The van der Waals surface area contributed by atoms with Gasteiger partial charge in [-0.2, -0.15) is 0 Å². The lowest BCUT2D eigenvalue weighted by Gasteiger charge is -2.11. The Balaban J connectivity index is 2.18. The highest BCUT2D eigenvalue weighted by Gasteiger charge is 2.15. The Morgan fingerprint density at radius 2 is 2.00 bits per heavy atom. The van der Waals surface area contributed by atoms with Crippen LogP contribution < -0.4 is 10.6 Å². The third kappa shape index (κ3) is 3.29. The first kappa shape index (κ1) is 13.9. The molecule has 2 aromatic rings. The normalized spacial score (nSPS) is 9.85. The first-order valence-corrected chi connectivity index (χ1v) is 6.23. The Hall–Kier alpha value is -2.48. The van der Waals surface area contributed by atoms with Crippen LogP contribution in [-0.2, 0) is 0 Å². The third-order valence-corrected chi connectivity index (χ3v) is 2.95. The van der Waals surface area contributed by atoms with Gasteiger partial charge in [0.25, 0.3) is 0 Å². The summed E-state index contributed by atoms with van der Waals surface area (Å²) in [5.74, 6) is -0.880. The minimum absolute atomic E-state index is 0.0197. The Bertz CT molecular complexity index is 648. The number of carbonyl (C=O) groups is 2. The van der Waals surface area contributed by atoms with Crippen LogP contribution in [0.2, 0.25) is 0 Å². The molecule has 102 valence electrons. The molecule has 1 heterocycles. The van der Waals surface area contributed by atoms with E-state index >= 15 is 0 Å². The minimum Gasteiger partial charge on any atom is -0.478 e. The predicted molar refractivity (Wildman–Crippen MR) is 75.8 cm³/mol. The third-order valence-electron chi connectivity index (χ3n) is 2.29. The molecule has 3 N–H and O–H groups in total. The lowest BCUT2D eigenvalue weighted by Crippen LogP contribution is -2.22. The number of aromatic nitrogens is 2. The first-order valence-electron chi connectivity index (χ1n) is 5.44. The number of anilines is 2. The molecule has 0 atom stereocenters. The molecule has 0 saturated heterocycles. The summed E-state index contributed by atoms with van der Waals surface area (Å²) >= 11 is 3.20. The van der Waals surface area contributed by atoms with Crippen molar-refractivity contribution in [2.24, 2.45) is 0 Å². The van der Waals surface area contributed by atoms with E-state index in [9.17, 15) is 9.59 Å². The number of carboxylic acids is 1. The zero-order chi connectivity index (χ0) is 14.5. The fraction of sp³-hybridized carbons (Fsp3) is 0. The van der Waals surface area contributed by atoms with E-state index in [-0.39, 0.29) is 17.1 Å². The summed E-state index contributed by atoms with van der Waals surface area (Å²) in [6.07, 6.45) is 4.27. The molecule has 1 aromatic heterocycles. The van der Waals surface area contributed by atoms with Gasteiger partial charge in [0, 0.05) is 16.9 Å². The van der Waals surface area contributed by atoms with Gasteiger partial charge in [-0.3, -0.25) is 10.3 Å². The molecule has 20 heavy (non-hydrogen) atoms. The average molecular weight is 337 g/mol. The number of hydrogen-bond acceptors (Lipinski definition) is 4. The van der Waals surface area contributed by atoms with E-state index in [2.05, 4.69) is 36.5 Å². The number of carboxylic acid groups (broad SMARTS) is 1. The summed E-state index contributed by atoms with van der Waals surface area (Å²) in [7, 11) is 0. The summed E-state index contributed by atoms with van der Waals surface area (Å²) in [6, 6.07) is 3.98. The van der Waals surface area contributed by atoms with Gasteiger partial charge >= 0.3 is 12.0 Å². The molecule has 0 spiro atoms. The maximum absolute atomic E-state index is 11.8. The van der Waals surface area contributed by atoms with Crippen molar-refractivity contribution in [2.75, 3.05) is 10.6 Å². The fourth-order valence-electron chi connectivity index (χ4n) is 1.45. The molecule has 7 nitrogen and oxygen atoms in total. The predicted octanol–water partition coefficient (Wildman–Crippen LogP) is 2.58. The van der Waals surface area contributed by atoms with Crippen LogP contribution in [0, 0.1) is 0 Å². The lowest BCUT2D eigenvalue weighted by molar-refractivity contribution is 0.0698. The van der Waals surface area contributed by atoms with Crippen LogP contribution in [0.25, 0.3) is 0 Å². The van der Waals surface area contributed by atoms with Gasteiger partial charge in [0.2, 0.25) is 0 Å². The molecule has 0 aliphatic heterocycles. The number of aromatic carboxylic acids is 1. The zero-order valence-corrected chi connectivity index (χ0v) is 11.6. The highest BCUT2D eigenvalue weighted by atomic mass is 79.9. The van der Waals surface area contributed by atoms with Crippen LogP contribution in [0.15, 0.2) is 41.3 Å². The Kier molecular flexibility index (Phi) is 4.26. The Morgan fingerprint density at radius 3 is 2.65 bits per heavy atom. The molecular formula is C12H9BrN4O3. The van der Waals surface area contributed by atoms with E-state index in [4.69, 9.17) is 5.11 Å². The van der Waals surface area contributed by atoms with Crippen LogP contribution in [0.4, 0.5) is 16.3 Å². The van der Waals surface area contributed by atoms with Gasteiger partial charge in [-0.05, 0) is 28.1 Å². The molecule has 0 radical (unpaired) electrons. The van der Waals surface area contributed by atoms with E-state index < -0.39 is 12.0 Å². The van der Waals surface area contributed by atoms with Crippen molar-refractivity contribution < 1.29 is 14.7 Å². The van der Waals surface area contributed by atoms with Crippen LogP contribution in [0.3, 0.4) is 0 Å². The van der Waals surface area contributed by atoms with Gasteiger partial charge in [-0.15, -0.1) is 0 Å². The standard InChI is InChI=1S/C12H9BrN4O3/c13-8-3-1-2-7(11(18)19)10(8)17-12(20)16-9-6-14-4-5-15-9/h1-6H,(H,18,19)(H2,15,16,17,20). The second-order valence-electron chi connectivity index (χ2n) is 3.64. The zero-order valence-electron chi connectivity index (χ0n) is 10.0. The van der Waals surface area contributed by atoms with Crippen molar-refractivity contribution in [1.29, 1.82) is 0 Å². The molecule has 0 fully saturated rings. The minimum atomic E-state index is -1.14. The summed E-state index contributed by atoms with van der Waals surface area (Å²) in [5.41, 5.74) is 0.148. The molecule has 0 unspecified atom stereocenters. The van der Waals surface area contributed by atoms with E-state index in [0.29, 0.717) is 4.47 Å². The van der Waals surface area contributed by atoms with E-state index in [0.717, 1.165) is 0 Å². The van der Waals surface area contributed by atoms with Gasteiger partial charge in [0.1, 0.15) is 0 Å². The second kappa shape index (κ2) is 6.11. The fourth-order valence-corrected chi connectivity index (χ4v) is 1.92. The number of halogens is 1. The average Bonchev–Trinajstić information content (AvgIpc) is 2.42. The molecule has 0 saturated carbocycles. The summed E-state index contributed by atoms with van der Waals surface area (Å²) < 4.78 is 0.465. The van der Waals surface area contributed by atoms with Crippen molar-refractivity contribution >= 4 is 39.4 Å². The molecular weight excluding hydrogens is 328 g/mol. The first-order chi connectivity index (χ1) is 9.58. The molecule has 2 amide bonds. The van der Waals surface area contributed by atoms with Crippen molar-refractivity contribution in [1.82, 2.24) is 9.97 Å². The number of hydrogen-bond donors (Lipinski definition) is 3. The van der Waals surface area contributed by atoms with Gasteiger partial charge in [0.05, 0.1) is 17.4 Å². The molecule has 0 aliphatic carbocycles. The van der Waals surface area contributed by atoms with Crippen LogP contribution in [-0.4, -0.2) is 27.1 Å². The van der Waals surface area contributed by atoms with E-state index in [1.165, 1.54) is 24.7 Å². The quantitative estimate of drug-likeness (QED) is 0.799. The SMILES string of the molecule is O=C(Nc1cnccn1)Nc1c(Br)cccc1C(=O)O. The van der Waals surface area contributed by atoms with Crippen molar-refractivity contribution in [2.45, 2.75) is 0 Å². The summed E-state index contributed by atoms with van der Waals surface area (Å²) in [6.45, 7) is 0. The molecule has 2 rings (SSSR count). The summed E-state index contributed by atoms with van der Waals surface area (Å²) in [4.78, 5) is 30.6. The maximum atomic E-state index is 11.8. The van der Waals surface area contributed by atoms with Gasteiger partial charge in [0.15, 0.2) is 5.82 Å². The van der Waals surface area contributed by atoms with E-state index in [1.807, 2.05) is 0 Å². The van der Waals surface area contributed by atoms with Crippen molar-refractivity contribution in [3.8, 4) is 0 Å². The van der Waals surface area contributed by atoms with Gasteiger partial charge < -0.3 is 10.4 Å². The molecule has 1 aromatic carbocycles. The monoisotopic (exact) mass is 336 g/mol. The van der Waals surface area contributed by atoms with Gasteiger partial charge in [-0.1, -0.05) is 6.07 Å². The van der Waals surface area contributed by atoms with E-state index in [1.54, 1.807) is 12.1 Å². The number of carbonyl (C=O) groups excluding carboxylic acids is 1. The smallest absolute Gasteiger partial charge is 0.337 e. The Morgan fingerprint density at radius 1 is 1.20 bits per heavy atom. The largest absolute Gasteiger partial charge is 0.478 e. The lowest BCUT2D eigenvalue weighted by atomic mass is 10.2. The number of para-hydroxylation sites is 1. The highest BCUT2D eigenvalue weighted by molar-refractivity contribution is 9.10. The Labute approximate surface area is 122 Å². The van der Waals surface area contributed by atoms with Crippen LogP contribution >= 0.6 is 15.9 Å². The number of rotatable bonds is 3. The van der Waals surface area contributed by atoms with Crippen molar-refractivity contribution in [3.63, 3.8) is 0 Å². The van der Waals surface area contributed by atoms with Crippen LogP contribution in [0.1, 0.15) is 10.4 Å². The van der Waals surface area contributed by atoms with Crippen molar-refractivity contribution in [3.05, 3.63) is 46.8 Å². The highest BCUT2D eigenvalue weighted by Crippen LogP contribution is 2.26. The number of nitrogens with zero attached hydrogens (tertiary/aromatic N) is 2. The molecule has 0 bridgehead atoms. The number of nitrogens with one attached hydrogen (secondary N) is 2. The molecule has 8 heteroatoms.